The van der Waals surface area contributed by atoms with Crippen LogP contribution < -0.4 is 24.8 Å². The second kappa shape index (κ2) is 11.9. The molecule has 3 aromatic carbocycles. The molecule has 282 valence electrons. The van der Waals surface area contributed by atoms with Crippen molar-refractivity contribution in [2.75, 3.05) is 4.90 Å². The maximum absolute atomic E-state index is 13.6. The van der Waals surface area contributed by atoms with E-state index < -0.39 is 5.97 Å². The Morgan fingerprint density at radius 3 is 1.77 bits per heavy atom. The molecular weight excluding hydrogens is 653 g/mol. The first kappa shape index (κ1) is 36.4. The van der Waals surface area contributed by atoms with Gasteiger partial charge in [0.05, 0.1) is 11.1 Å². The Labute approximate surface area is 318 Å². The minimum absolute atomic E-state index is 0.268. The Balaban J connectivity index is 1.66. The number of aromatic carboxylic acids is 1. The highest BCUT2D eigenvalue weighted by Gasteiger charge is 2.50. The molecule has 0 aliphatic carbocycles. The van der Waals surface area contributed by atoms with Gasteiger partial charge < -0.3 is 14.7 Å². The number of rotatable bonds is 2. The average Bonchev–Trinajstić information content (AvgIpc) is 3.12. The number of nitrogens with zero attached hydrogens (tertiary/aromatic N) is 2. The third-order valence-corrected chi connectivity index (χ3v) is 16.9. The van der Waals surface area contributed by atoms with E-state index in [9.17, 15) is 9.90 Å². The largest absolute Gasteiger partial charge is 0.478 e. The van der Waals surface area contributed by atoms with Gasteiger partial charge in [-0.25, -0.2) is 9.37 Å². The molecule has 12 atom stereocenters. The number of anilines is 1. The molecule has 5 nitrogen and oxygen atoms in total. The predicted molar refractivity (Wildman–Crippen MR) is 218 cm³/mol. The SMILES string of the molecule is Cc1c(C)c(C)c(C2=c3cc4c5c(c3Oc3c2cc2c6c3C(C)C(C)C(C)N6C(C)C(C)C2C)C(C)C(C)C(C)[N+]=5C(C)C(C)C4C)c(C(=O)O)c1C. The maximum atomic E-state index is 13.6. The van der Waals surface area contributed by atoms with Crippen LogP contribution in [0.15, 0.2) is 12.1 Å². The zero-order chi connectivity index (χ0) is 38.6. The highest BCUT2D eigenvalue weighted by molar-refractivity contribution is 6.02. The average molecular weight is 716 g/mol. The van der Waals surface area contributed by atoms with Gasteiger partial charge in [0, 0.05) is 68.6 Å². The van der Waals surface area contributed by atoms with Gasteiger partial charge in [-0.2, -0.15) is 0 Å². The van der Waals surface area contributed by atoms with E-state index in [-0.39, 0.29) is 11.8 Å². The third kappa shape index (κ3) is 4.49. The molecule has 3 aromatic rings. The summed E-state index contributed by atoms with van der Waals surface area (Å²) in [5.41, 5.74) is 14.3. The number of fused-ring (bicyclic) bond motifs is 4. The smallest absolute Gasteiger partial charge is 0.336 e. The van der Waals surface area contributed by atoms with Gasteiger partial charge in [-0.15, -0.1) is 0 Å². The van der Waals surface area contributed by atoms with E-state index in [4.69, 9.17) is 4.74 Å². The summed E-state index contributed by atoms with van der Waals surface area (Å²) in [6.07, 6.45) is 0. The van der Waals surface area contributed by atoms with Crippen molar-refractivity contribution in [3.63, 3.8) is 0 Å². The monoisotopic (exact) mass is 715 g/mol. The van der Waals surface area contributed by atoms with Crippen molar-refractivity contribution >= 4 is 17.2 Å². The second-order valence-electron chi connectivity index (χ2n) is 18.6. The van der Waals surface area contributed by atoms with E-state index in [2.05, 4.69) is 125 Å². The lowest BCUT2D eigenvalue weighted by Gasteiger charge is -2.54. The summed E-state index contributed by atoms with van der Waals surface area (Å²) in [7, 11) is 0. The first-order chi connectivity index (χ1) is 24.8. The molecule has 0 fully saturated rings. The number of ether oxygens (including phenoxy) is 1. The van der Waals surface area contributed by atoms with Gasteiger partial charge in [0.2, 0.25) is 5.36 Å². The Morgan fingerprint density at radius 2 is 1.17 bits per heavy atom. The summed E-state index contributed by atoms with van der Waals surface area (Å²) < 4.78 is 10.4. The fraction of sp³-hybridized carbons (Fsp3) is 0.583. The first-order valence-electron chi connectivity index (χ1n) is 20.7. The van der Waals surface area contributed by atoms with Gasteiger partial charge in [0.15, 0.2) is 12.1 Å². The van der Waals surface area contributed by atoms with Crippen LogP contribution in [0.1, 0.15) is 173 Å². The molecule has 0 spiro atoms. The van der Waals surface area contributed by atoms with E-state index in [0.29, 0.717) is 65.2 Å². The molecule has 0 bridgehead atoms. The number of carbonyl (C=O) groups is 1. The predicted octanol–water partition coefficient (Wildman–Crippen LogP) is 9.84. The molecule has 5 heteroatoms. The van der Waals surface area contributed by atoms with Crippen LogP contribution in [0.25, 0.3) is 5.57 Å². The Morgan fingerprint density at radius 1 is 0.642 bits per heavy atom. The van der Waals surface area contributed by atoms with Gasteiger partial charge in [0.25, 0.3) is 0 Å². The van der Waals surface area contributed by atoms with E-state index in [1.807, 2.05) is 6.92 Å². The number of benzene rings is 3. The standard InChI is InChI=1S/C48H62N2O3/c1-19-20(2)28(10)40(48(51)52)39(27(19)9)43-37-17-35-25(7)21(3)31(13)49-33(15)23(5)29(11)41(44(35)49)46(37)53-47-38(43)18-36-26(8)22(4)32(14)50-34(16)24(6)30(12)42(47)45(36)50/h17-18,21-26,29-34H,1-16H3/p+1. The van der Waals surface area contributed by atoms with Crippen molar-refractivity contribution in [3.05, 3.63) is 83.9 Å². The summed E-state index contributed by atoms with van der Waals surface area (Å²) in [5, 5.41) is 13.6. The molecule has 0 radical (unpaired) electrons. The van der Waals surface area contributed by atoms with Gasteiger partial charge in [-0.1, -0.05) is 55.4 Å². The molecule has 12 unspecified atom stereocenters. The summed E-state index contributed by atoms with van der Waals surface area (Å²) in [5.74, 6) is 4.04. The summed E-state index contributed by atoms with van der Waals surface area (Å²) in [4.78, 5) is 16.3. The van der Waals surface area contributed by atoms with Crippen LogP contribution in [0, 0.1) is 51.4 Å². The summed E-state index contributed by atoms with van der Waals surface area (Å²) in [6.45, 7) is 37.4. The third-order valence-electron chi connectivity index (χ3n) is 16.9. The lowest BCUT2D eigenvalue weighted by molar-refractivity contribution is 0.0695. The number of carboxylic acids is 1. The van der Waals surface area contributed by atoms with Crippen molar-refractivity contribution in [2.24, 2.45) is 23.7 Å². The van der Waals surface area contributed by atoms with Crippen LogP contribution in [0.2, 0.25) is 0 Å². The van der Waals surface area contributed by atoms with Gasteiger partial charge in [-0.05, 0) is 125 Å². The lowest BCUT2D eigenvalue weighted by Crippen LogP contribution is -2.59. The minimum atomic E-state index is -0.861. The van der Waals surface area contributed by atoms with Gasteiger partial charge >= 0.3 is 5.97 Å². The molecule has 5 aliphatic heterocycles. The van der Waals surface area contributed by atoms with E-state index in [0.717, 1.165) is 50.1 Å². The van der Waals surface area contributed by atoms with Crippen LogP contribution >= 0.6 is 0 Å². The molecular formula is C48H63N2O3+. The summed E-state index contributed by atoms with van der Waals surface area (Å²) in [6, 6.07) is 6.48. The van der Waals surface area contributed by atoms with Crippen LogP contribution in [0.3, 0.4) is 0 Å². The molecule has 8 rings (SSSR count). The van der Waals surface area contributed by atoms with Gasteiger partial charge in [0.1, 0.15) is 11.5 Å². The van der Waals surface area contributed by atoms with Crippen LogP contribution in [-0.2, 0) is 0 Å². The number of carboxylic acid groups (broad SMARTS) is 1. The topological polar surface area (TPSA) is 52.8 Å². The van der Waals surface area contributed by atoms with Crippen molar-refractivity contribution in [2.45, 2.75) is 159 Å². The normalized spacial score (nSPS) is 33.8. The van der Waals surface area contributed by atoms with E-state index in [1.54, 1.807) is 0 Å². The molecule has 5 aliphatic rings. The first-order valence-corrected chi connectivity index (χ1v) is 20.7. The van der Waals surface area contributed by atoms with Crippen molar-refractivity contribution in [1.82, 2.24) is 4.58 Å². The lowest BCUT2D eigenvalue weighted by atomic mass is 9.68. The molecule has 0 saturated heterocycles. The Bertz CT molecular complexity index is 2260. The van der Waals surface area contributed by atoms with Crippen LogP contribution in [-0.4, -0.2) is 35.2 Å². The zero-order valence-electron chi connectivity index (χ0n) is 35.2. The Kier molecular flexibility index (Phi) is 8.20. The minimum Gasteiger partial charge on any atom is -0.478 e. The highest BCUT2D eigenvalue weighted by atomic mass is 16.5. The highest BCUT2D eigenvalue weighted by Crippen LogP contribution is 2.59. The van der Waals surface area contributed by atoms with E-state index in [1.165, 1.54) is 38.9 Å². The zero-order valence-corrected chi connectivity index (χ0v) is 35.2. The van der Waals surface area contributed by atoms with Crippen LogP contribution in [0.5, 0.6) is 11.5 Å². The molecule has 0 saturated carbocycles. The summed E-state index contributed by atoms with van der Waals surface area (Å²) >= 11 is 0. The quantitative estimate of drug-likeness (QED) is 0.210. The number of hydrogen-bond acceptors (Lipinski definition) is 3. The van der Waals surface area contributed by atoms with Crippen molar-refractivity contribution < 1.29 is 14.6 Å². The molecule has 0 amide bonds. The Hall–Kier alpha value is -3.60. The fourth-order valence-electron chi connectivity index (χ4n) is 11.8. The van der Waals surface area contributed by atoms with Gasteiger partial charge in [-0.3, -0.25) is 0 Å². The molecule has 0 aromatic heterocycles. The van der Waals surface area contributed by atoms with Crippen LogP contribution in [0.4, 0.5) is 5.69 Å². The molecule has 53 heavy (non-hydrogen) atoms. The number of hydrogen-bond donors (Lipinski definition) is 1. The molecule has 1 N–H and O–H groups in total. The van der Waals surface area contributed by atoms with E-state index >= 15 is 0 Å². The maximum Gasteiger partial charge on any atom is 0.336 e. The van der Waals surface area contributed by atoms with Crippen molar-refractivity contribution in [1.29, 1.82) is 0 Å². The molecule has 5 heterocycles. The second-order valence-corrected chi connectivity index (χ2v) is 18.6. The van der Waals surface area contributed by atoms with Crippen molar-refractivity contribution in [3.8, 4) is 11.5 Å². The fourth-order valence-corrected chi connectivity index (χ4v) is 11.8.